The monoisotopic (exact) mass is 269 g/mol. The zero-order valence-electron chi connectivity index (χ0n) is 12.7. The van der Waals surface area contributed by atoms with Crippen molar-refractivity contribution >= 4 is 5.97 Å². The van der Waals surface area contributed by atoms with Gasteiger partial charge in [0.05, 0.1) is 12.2 Å². The number of ether oxygens (including phenoxy) is 2. The van der Waals surface area contributed by atoms with E-state index in [0.717, 1.165) is 26.0 Å². The molecule has 2 aliphatic heterocycles. The lowest BCUT2D eigenvalue weighted by Gasteiger charge is -2.37. The molecule has 0 aliphatic carbocycles. The number of hydrogen-bond donors (Lipinski definition) is 0. The van der Waals surface area contributed by atoms with Crippen molar-refractivity contribution < 1.29 is 14.3 Å². The van der Waals surface area contributed by atoms with Crippen LogP contribution in [0.4, 0.5) is 0 Å². The van der Waals surface area contributed by atoms with Crippen molar-refractivity contribution in [2.45, 2.75) is 70.6 Å². The van der Waals surface area contributed by atoms with Crippen molar-refractivity contribution in [1.82, 2.24) is 4.90 Å². The van der Waals surface area contributed by atoms with Crippen molar-refractivity contribution in [3.63, 3.8) is 0 Å². The molecule has 0 aromatic rings. The van der Waals surface area contributed by atoms with Crippen LogP contribution < -0.4 is 0 Å². The van der Waals surface area contributed by atoms with Crippen LogP contribution in [-0.4, -0.2) is 47.8 Å². The smallest absolute Gasteiger partial charge is 0.302 e. The molecule has 0 saturated carbocycles. The maximum atomic E-state index is 11.0. The molecule has 0 amide bonds. The number of rotatable bonds is 4. The number of fused-ring (bicyclic) bond motifs is 1. The summed E-state index contributed by atoms with van der Waals surface area (Å²) in [4.78, 5) is 13.5. The molecule has 2 aliphatic rings. The fraction of sp³-hybridized carbons (Fsp3) is 0.933. The van der Waals surface area contributed by atoms with Gasteiger partial charge in [-0.15, -0.1) is 0 Å². The highest BCUT2D eigenvalue weighted by atomic mass is 16.5. The molecule has 0 spiro atoms. The van der Waals surface area contributed by atoms with Gasteiger partial charge in [-0.25, -0.2) is 0 Å². The van der Waals surface area contributed by atoms with Crippen LogP contribution in [-0.2, 0) is 14.3 Å². The Labute approximate surface area is 116 Å². The van der Waals surface area contributed by atoms with Crippen molar-refractivity contribution in [2.24, 2.45) is 0 Å². The average molecular weight is 269 g/mol. The quantitative estimate of drug-likeness (QED) is 0.734. The fourth-order valence-electron chi connectivity index (χ4n) is 3.35. The first kappa shape index (κ1) is 14.8. The molecular formula is C15H27NO3. The van der Waals surface area contributed by atoms with E-state index in [1.165, 1.54) is 19.8 Å². The van der Waals surface area contributed by atoms with E-state index in [-0.39, 0.29) is 17.1 Å². The fourth-order valence-corrected chi connectivity index (χ4v) is 3.35. The number of nitrogens with zero attached hydrogens (tertiary/aromatic N) is 1. The second-order valence-corrected chi connectivity index (χ2v) is 6.92. The van der Waals surface area contributed by atoms with Gasteiger partial charge in [0, 0.05) is 18.5 Å². The molecule has 2 saturated heterocycles. The van der Waals surface area contributed by atoms with Crippen LogP contribution in [0.3, 0.4) is 0 Å². The minimum Gasteiger partial charge on any atom is -0.464 e. The van der Waals surface area contributed by atoms with Crippen LogP contribution in [0, 0.1) is 0 Å². The van der Waals surface area contributed by atoms with E-state index in [1.54, 1.807) is 0 Å². The van der Waals surface area contributed by atoms with Gasteiger partial charge in [0.25, 0.3) is 0 Å². The lowest BCUT2D eigenvalue weighted by molar-refractivity contribution is -0.143. The molecule has 2 rings (SSSR count). The van der Waals surface area contributed by atoms with Gasteiger partial charge in [0.2, 0.25) is 0 Å². The Balaban J connectivity index is 1.95. The van der Waals surface area contributed by atoms with E-state index in [2.05, 4.69) is 25.7 Å². The molecule has 19 heavy (non-hydrogen) atoms. The van der Waals surface area contributed by atoms with E-state index in [4.69, 9.17) is 9.47 Å². The van der Waals surface area contributed by atoms with Gasteiger partial charge >= 0.3 is 5.97 Å². The topological polar surface area (TPSA) is 38.8 Å². The molecule has 110 valence electrons. The van der Waals surface area contributed by atoms with Crippen molar-refractivity contribution in [3.8, 4) is 0 Å². The third kappa shape index (κ3) is 3.48. The Kier molecular flexibility index (Phi) is 4.21. The Morgan fingerprint density at radius 1 is 1.37 bits per heavy atom. The predicted molar refractivity (Wildman–Crippen MR) is 74.0 cm³/mol. The normalized spacial score (nSPS) is 31.5. The third-order valence-corrected chi connectivity index (χ3v) is 4.29. The Hall–Kier alpha value is -0.610. The summed E-state index contributed by atoms with van der Waals surface area (Å²) in [7, 11) is 0. The first-order valence-electron chi connectivity index (χ1n) is 7.36. The number of carbonyl (C=O) groups is 1. The highest BCUT2D eigenvalue weighted by Gasteiger charge is 2.49. The standard InChI is InChI=1S/C15H27NO3/c1-12(17)18-10-13-6-8-15(7-5-9-16(13)15)11-19-14(2,3)4/h13H,5-11H2,1-4H3. The molecule has 0 radical (unpaired) electrons. The van der Waals surface area contributed by atoms with E-state index in [1.807, 2.05) is 0 Å². The van der Waals surface area contributed by atoms with Gasteiger partial charge in [-0.2, -0.15) is 0 Å². The van der Waals surface area contributed by atoms with Crippen molar-refractivity contribution in [2.75, 3.05) is 19.8 Å². The molecule has 2 unspecified atom stereocenters. The summed E-state index contributed by atoms with van der Waals surface area (Å²) < 4.78 is 11.2. The molecule has 4 heteroatoms. The van der Waals surface area contributed by atoms with Crippen LogP contribution in [0.5, 0.6) is 0 Å². The minimum absolute atomic E-state index is 0.0863. The van der Waals surface area contributed by atoms with Gasteiger partial charge in [-0.3, -0.25) is 9.69 Å². The zero-order valence-corrected chi connectivity index (χ0v) is 12.7. The summed E-state index contributed by atoms with van der Waals surface area (Å²) in [6.45, 7) is 10.2. The first-order chi connectivity index (χ1) is 8.82. The summed E-state index contributed by atoms with van der Waals surface area (Å²) in [6, 6.07) is 0.384. The van der Waals surface area contributed by atoms with E-state index >= 15 is 0 Å². The summed E-state index contributed by atoms with van der Waals surface area (Å²) >= 11 is 0. The molecule has 2 heterocycles. The van der Waals surface area contributed by atoms with Gasteiger partial charge in [0.15, 0.2) is 0 Å². The molecule has 0 aromatic heterocycles. The van der Waals surface area contributed by atoms with Crippen LogP contribution in [0.25, 0.3) is 0 Å². The molecule has 0 bridgehead atoms. The largest absolute Gasteiger partial charge is 0.464 e. The van der Waals surface area contributed by atoms with Crippen LogP contribution >= 0.6 is 0 Å². The minimum atomic E-state index is -0.178. The molecule has 4 nitrogen and oxygen atoms in total. The highest BCUT2D eigenvalue weighted by molar-refractivity contribution is 5.65. The van der Waals surface area contributed by atoms with Crippen molar-refractivity contribution in [1.29, 1.82) is 0 Å². The van der Waals surface area contributed by atoms with Gasteiger partial charge in [-0.05, 0) is 53.0 Å². The summed E-state index contributed by atoms with van der Waals surface area (Å²) in [5, 5.41) is 0. The highest BCUT2D eigenvalue weighted by Crippen LogP contribution is 2.43. The second-order valence-electron chi connectivity index (χ2n) is 6.92. The van der Waals surface area contributed by atoms with E-state index in [9.17, 15) is 4.79 Å². The summed E-state index contributed by atoms with van der Waals surface area (Å²) in [5.41, 5.74) is 0.106. The zero-order chi connectivity index (χ0) is 14.1. The Morgan fingerprint density at radius 3 is 2.74 bits per heavy atom. The summed E-state index contributed by atoms with van der Waals surface area (Å²) in [5.74, 6) is -0.178. The SMILES string of the molecule is CC(=O)OCC1CCC2(COC(C)(C)C)CCCN12. The maximum absolute atomic E-state index is 11.0. The van der Waals surface area contributed by atoms with Gasteiger partial charge < -0.3 is 9.47 Å². The average Bonchev–Trinajstić information content (AvgIpc) is 2.81. The Morgan fingerprint density at radius 2 is 2.11 bits per heavy atom. The third-order valence-electron chi connectivity index (χ3n) is 4.29. The maximum Gasteiger partial charge on any atom is 0.302 e. The van der Waals surface area contributed by atoms with E-state index < -0.39 is 0 Å². The Bertz CT molecular complexity index is 337. The van der Waals surface area contributed by atoms with Crippen molar-refractivity contribution in [3.05, 3.63) is 0 Å². The van der Waals surface area contributed by atoms with Gasteiger partial charge in [0.1, 0.15) is 6.61 Å². The van der Waals surface area contributed by atoms with Crippen LogP contribution in [0.2, 0.25) is 0 Å². The lowest BCUT2D eigenvalue weighted by Crippen LogP contribution is -2.48. The van der Waals surface area contributed by atoms with E-state index in [0.29, 0.717) is 12.6 Å². The molecule has 2 fully saturated rings. The number of carbonyl (C=O) groups excluding carboxylic acids is 1. The molecule has 0 N–H and O–H groups in total. The summed E-state index contributed by atoms with van der Waals surface area (Å²) in [6.07, 6.45) is 4.71. The first-order valence-corrected chi connectivity index (χ1v) is 7.36. The lowest BCUT2D eigenvalue weighted by atomic mass is 9.95. The number of esters is 1. The second kappa shape index (κ2) is 5.41. The van der Waals surface area contributed by atoms with Gasteiger partial charge in [-0.1, -0.05) is 0 Å². The molecular weight excluding hydrogens is 242 g/mol. The molecule has 0 aromatic carbocycles. The molecule has 2 atom stereocenters. The van der Waals surface area contributed by atoms with Crippen LogP contribution in [0.15, 0.2) is 0 Å². The predicted octanol–water partition coefficient (Wildman–Crippen LogP) is 2.36. The number of hydrogen-bond acceptors (Lipinski definition) is 4. The van der Waals surface area contributed by atoms with Crippen LogP contribution in [0.1, 0.15) is 53.4 Å².